The van der Waals surface area contributed by atoms with E-state index in [0.717, 1.165) is 27.8 Å². The molecular formula is C28H24F2N2O4. The van der Waals surface area contributed by atoms with Gasteiger partial charge in [-0.2, -0.15) is 4.98 Å². The molecule has 0 fully saturated rings. The molecule has 0 saturated heterocycles. The number of halogens is 2. The third-order valence-electron chi connectivity index (χ3n) is 5.49. The maximum atomic E-state index is 14.6. The maximum Gasteiger partial charge on any atom is 0.344 e. The maximum absolute atomic E-state index is 14.6. The Morgan fingerprint density at radius 2 is 1.56 bits per heavy atom. The summed E-state index contributed by atoms with van der Waals surface area (Å²) in [5, 5.41) is 9.21. The van der Waals surface area contributed by atoms with Gasteiger partial charge in [0.1, 0.15) is 5.75 Å². The zero-order valence-corrected chi connectivity index (χ0v) is 19.4. The van der Waals surface area contributed by atoms with Crippen LogP contribution in [0.4, 0.5) is 8.78 Å². The first kappa shape index (κ1) is 24.8. The van der Waals surface area contributed by atoms with E-state index in [1.54, 1.807) is 19.1 Å². The molecule has 4 aromatic rings. The number of aliphatic carboxylic acids is 1. The summed E-state index contributed by atoms with van der Waals surface area (Å²) >= 11 is 0. The summed E-state index contributed by atoms with van der Waals surface area (Å²) in [6.45, 7) is 1.94. The molecule has 0 bridgehead atoms. The monoisotopic (exact) mass is 490 g/mol. The molecule has 0 aliphatic heterocycles. The van der Waals surface area contributed by atoms with E-state index in [1.807, 2.05) is 60.7 Å². The van der Waals surface area contributed by atoms with E-state index in [9.17, 15) is 18.7 Å². The number of nitrogens with zero attached hydrogens (tertiary/aromatic N) is 1. The Balaban J connectivity index is 1.77. The number of hydrogen-bond acceptors (Lipinski definition) is 5. The largest absolute Gasteiger partial charge is 0.479 e. The molecule has 4 rings (SSSR count). The molecule has 0 aliphatic carbocycles. The lowest BCUT2D eigenvalue weighted by Crippen LogP contribution is -2.26. The number of ether oxygens (including phenoxy) is 2. The highest BCUT2D eigenvalue weighted by Gasteiger charge is 2.22. The van der Waals surface area contributed by atoms with Gasteiger partial charge in [-0.15, -0.1) is 0 Å². The lowest BCUT2D eigenvalue weighted by Gasteiger charge is -2.15. The quantitative estimate of drug-likeness (QED) is 0.291. The Labute approximate surface area is 207 Å². The highest BCUT2D eigenvalue weighted by molar-refractivity contribution is 5.75. The minimum absolute atomic E-state index is 0.0639. The number of pyridine rings is 1. The molecule has 0 amide bonds. The number of rotatable bonds is 9. The Morgan fingerprint density at radius 3 is 2.22 bits per heavy atom. The van der Waals surface area contributed by atoms with Gasteiger partial charge in [0, 0.05) is 12.6 Å². The van der Waals surface area contributed by atoms with E-state index in [-0.39, 0.29) is 12.2 Å². The van der Waals surface area contributed by atoms with Crippen LogP contribution in [-0.4, -0.2) is 22.2 Å². The molecular weight excluding hydrogens is 466 g/mol. The smallest absolute Gasteiger partial charge is 0.344 e. The summed E-state index contributed by atoms with van der Waals surface area (Å²) in [6, 6.07) is 23.2. The van der Waals surface area contributed by atoms with Crippen molar-refractivity contribution in [2.45, 2.75) is 26.0 Å². The van der Waals surface area contributed by atoms with Crippen LogP contribution in [0.5, 0.6) is 17.5 Å². The molecule has 1 aromatic heterocycles. The van der Waals surface area contributed by atoms with Gasteiger partial charge in [0.05, 0.1) is 0 Å². The van der Waals surface area contributed by atoms with Gasteiger partial charge in [-0.25, -0.2) is 13.6 Å². The predicted molar refractivity (Wildman–Crippen MR) is 132 cm³/mol. The lowest BCUT2D eigenvalue weighted by atomic mass is 9.97. The average molecular weight is 491 g/mol. The van der Waals surface area contributed by atoms with Gasteiger partial charge in [-0.3, -0.25) is 0 Å². The zero-order chi connectivity index (χ0) is 25.7. The molecule has 1 atom stereocenters. The van der Waals surface area contributed by atoms with Crippen LogP contribution in [0.1, 0.15) is 18.9 Å². The zero-order valence-electron chi connectivity index (χ0n) is 19.4. The molecule has 0 spiro atoms. The lowest BCUT2D eigenvalue weighted by molar-refractivity contribution is -0.145. The van der Waals surface area contributed by atoms with Crippen LogP contribution in [-0.2, 0) is 11.3 Å². The highest BCUT2D eigenvalue weighted by Crippen LogP contribution is 2.35. The van der Waals surface area contributed by atoms with Gasteiger partial charge < -0.3 is 20.3 Å². The third-order valence-corrected chi connectivity index (χ3v) is 5.49. The standard InChI is InChI=1S/C28H24F2N2O4/c1-2-25(28(33)34)36-27-24(30)15-23(29)26(32-27)35-22-13-20(18-8-4-3-5-9-18)12-21(14-22)19-10-6-7-17(11-19)16-31/h3-15,25H,2,16,31H2,1H3,(H,33,34). The van der Waals surface area contributed by atoms with Crippen LogP contribution in [0.2, 0.25) is 0 Å². The summed E-state index contributed by atoms with van der Waals surface area (Å²) in [4.78, 5) is 15.1. The van der Waals surface area contributed by atoms with Gasteiger partial charge in [-0.05, 0) is 58.5 Å². The third kappa shape index (κ3) is 5.67. The van der Waals surface area contributed by atoms with E-state index in [1.165, 1.54) is 0 Å². The SMILES string of the molecule is CCC(Oc1nc(Oc2cc(-c3ccccc3)cc(-c3cccc(CN)c3)c2)c(F)cc1F)C(=O)O. The van der Waals surface area contributed by atoms with E-state index < -0.39 is 35.5 Å². The molecule has 6 nitrogen and oxygen atoms in total. The van der Waals surface area contributed by atoms with Gasteiger partial charge in [0.25, 0.3) is 11.8 Å². The molecule has 184 valence electrons. The molecule has 1 unspecified atom stereocenters. The second kappa shape index (κ2) is 11.0. The van der Waals surface area contributed by atoms with Crippen LogP contribution in [0, 0.1) is 11.6 Å². The van der Waals surface area contributed by atoms with E-state index in [2.05, 4.69) is 4.98 Å². The van der Waals surface area contributed by atoms with Crippen molar-refractivity contribution >= 4 is 5.97 Å². The molecule has 3 N–H and O–H groups in total. The molecule has 0 aliphatic rings. The molecule has 36 heavy (non-hydrogen) atoms. The first-order chi connectivity index (χ1) is 17.4. The Bertz CT molecular complexity index is 1380. The second-order valence-corrected chi connectivity index (χ2v) is 8.03. The number of aromatic nitrogens is 1. The number of carboxylic acids is 1. The molecule has 1 heterocycles. The van der Waals surface area contributed by atoms with Crippen LogP contribution >= 0.6 is 0 Å². The first-order valence-corrected chi connectivity index (χ1v) is 11.3. The number of benzene rings is 3. The predicted octanol–water partition coefficient (Wildman–Crippen LogP) is 6.19. The molecule has 0 radical (unpaired) electrons. The minimum atomic E-state index is -1.34. The number of hydrogen-bond donors (Lipinski definition) is 2. The Hall–Kier alpha value is -4.30. The highest BCUT2D eigenvalue weighted by atomic mass is 19.1. The van der Waals surface area contributed by atoms with Crippen LogP contribution in [0.15, 0.2) is 78.9 Å². The van der Waals surface area contributed by atoms with Crippen molar-refractivity contribution < 1.29 is 28.2 Å². The van der Waals surface area contributed by atoms with Crippen LogP contribution in [0.3, 0.4) is 0 Å². The molecule has 8 heteroatoms. The fraction of sp³-hybridized carbons (Fsp3) is 0.143. The number of carboxylic acid groups (broad SMARTS) is 1. The van der Waals surface area contributed by atoms with Crippen molar-refractivity contribution in [1.29, 1.82) is 0 Å². The Kier molecular flexibility index (Phi) is 7.56. The van der Waals surface area contributed by atoms with Crippen molar-refractivity contribution in [3.63, 3.8) is 0 Å². The topological polar surface area (TPSA) is 94.7 Å². The van der Waals surface area contributed by atoms with Crippen molar-refractivity contribution in [2.75, 3.05) is 0 Å². The van der Waals surface area contributed by atoms with E-state index >= 15 is 0 Å². The van der Waals surface area contributed by atoms with E-state index in [0.29, 0.717) is 12.6 Å². The van der Waals surface area contributed by atoms with Crippen molar-refractivity contribution in [3.05, 3.63) is 96.1 Å². The fourth-order valence-corrected chi connectivity index (χ4v) is 3.64. The van der Waals surface area contributed by atoms with Crippen LogP contribution < -0.4 is 15.2 Å². The summed E-state index contributed by atoms with van der Waals surface area (Å²) < 4.78 is 39.8. The fourth-order valence-electron chi connectivity index (χ4n) is 3.64. The summed E-state index contributed by atoms with van der Waals surface area (Å²) in [5.74, 6) is -4.42. The second-order valence-electron chi connectivity index (χ2n) is 8.03. The summed E-state index contributed by atoms with van der Waals surface area (Å²) in [6.07, 6.45) is -1.28. The van der Waals surface area contributed by atoms with Crippen molar-refractivity contribution in [2.24, 2.45) is 5.73 Å². The van der Waals surface area contributed by atoms with E-state index in [4.69, 9.17) is 15.2 Å². The number of nitrogens with two attached hydrogens (primary N) is 1. The average Bonchev–Trinajstić information content (AvgIpc) is 2.89. The van der Waals surface area contributed by atoms with Crippen molar-refractivity contribution in [3.8, 4) is 39.8 Å². The van der Waals surface area contributed by atoms with Gasteiger partial charge in [0.15, 0.2) is 17.7 Å². The van der Waals surface area contributed by atoms with Gasteiger partial charge >= 0.3 is 5.97 Å². The van der Waals surface area contributed by atoms with Gasteiger partial charge in [-0.1, -0.05) is 55.5 Å². The molecule has 0 saturated carbocycles. The Morgan fingerprint density at radius 1 is 0.889 bits per heavy atom. The normalized spacial score (nSPS) is 11.7. The molecule has 3 aromatic carbocycles. The van der Waals surface area contributed by atoms with Crippen LogP contribution in [0.25, 0.3) is 22.3 Å². The summed E-state index contributed by atoms with van der Waals surface area (Å²) in [7, 11) is 0. The first-order valence-electron chi connectivity index (χ1n) is 11.3. The minimum Gasteiger partial charge on any atom is -0.479 e. The van der Waals surface area contributed by atoms with Gasteiger partial charge in [0.2, 0.25) is 0 Å². The van der Waals surface area contributed by atoms with Crippen molar-refractivity contribution in [1.82, 2.24) is 4.98 Å². The number of carbonyl (C=O) groups is 1. The summed E-state index contributed by atoms with van der Waals surface area (Å²) in [5.41, 5.74) is 10.1.